The highest BCUT2D eigenvalue weighted by Gasteiger charge is 2.83. The van der Waals surface area contributed by atoms with Crippen molar-refractivity contribution in [2.24, 2.45) is 47.3 Å². The first-order chi connectivity index (χ1) is 10.8. The Bertz CT molecular complexity index is 679. The molecule has 0 N–H and O–H groups in total. The molecule has 6 aliphatic rings. The topological polar surface area (TPSA) is 9.23 Å². The zero-order chi connectivity index (χ0) is 14.2. The van der Waals surface area contributed by atoms with Crippen molar-refractivity contribution in [3.8, 4) is 0 Å². The van der Waals surface area contributed by atoms with Crippen molar-refractivity contribution in [2.75, 3.05) is 0 Å². The number of thioether (sulfide) groups is 1. The lowest BCUT2D eigenvalue weighted by Gasteiger charge is -2.66. The summed E-state index contributed by atoms with van der Waals surface area (Å²) in [5, 5.41) is 0.366. The second-order valence-corrected chi connectivity index (χ2v) is 10.4. The third kappa shape index (κ3) is 1.10. The first-order valence-corrected chi connectivity index (χ1v) is 10.1. The van der Waals surface area contributed by atoms with Crippen LogP contribution in [0.25, 0.3) is 0 Å². The van der Waals surface area contributed by atoms with E-state index >= 15 is 0 Å². The molecule has 0 unspecified atom stereocenters. The Morgan fingerprint density at radius 1 is 1.00 bits per heavy atom. The van der Waals surface area contributed by atoms with Crippen LogP contribution in [-0.4, -0.2) is 16.4 Å². The second kappa shape index (κ2) is 3.58. The molecule has 1 heterocycles. The molecule has 0 aromatic heterocycles. The van der Waals surface area contributed by atoms with Crippen molar-refractivity contribution in [3.05, 3.63) is 30.3 Å². The van der Waals surface area contributed by atoms with Crippen LogP contribution in [0.2, 0.25) is 0 Å². The van der Waals surface area contributed by atoms with Gasteiger partial charge in [-0.3, -0.25) is 0 Å². The van der Waals surface area contributed by atoms with Crippen LogP contribution in [-0.2, 0) is 4.74 Å². The van der Waals surface area contributed by atoms with E-state index < -0.39 is 0 Å². The Labute approximate surface area is 140 Å². The summed E-state index contributed by atoms with van der Waals surface area (Å²) >= 11 is 9.16. The summed E-state index contributed by atoms with van der Waals surface area (Å²) in [5.74, 6) is 7.13. The van der Waals surface area contributed by atoms with Crippen molar-refractivity contribution in [3.63, 3.8) is 0 Å². The van der Waals surface area contributed by atoms with Gasteiger partial charge in [0.2, 0.25) is 0 Å². The molecule has 0 spiro atoms. The molecule has 2 bridgehead atoms. The van der Waals surface area contributed by atoms with E-state index in [9.17, 15) is 0 Å². The highest BCUT2D eigenvalue weighted by atomic mass is 35.5. The molecule has 11 atom stereocenters. The summed E-state index contributed by atoms with van der Waals surface area (Å²) in [7, 11) is 0. The van der Waals surface area contributed by atoms with Crippen LogP contribution < -0.4 is 0 Å². The average Bonchev–Trinajstić information content (AvgIpc) is 3.13. The van der Waals surface area contributed by atoms with Gasteiger partial charge in [0, 0.05) is 16.1 Å². The second-order valence-electron chi connectivity index (χ2n) is 8.53. The van der Waals surface area contributed by atoms with Gasteiger partial charge in [-0.25, -0.2) is 0 Å². The van der Waals surface area contributed by atoms with Crippen molar-refractivity contribution in [1.82, 2.24) is 0 Å². The van der Waals surface area contributed by atoms with Gasteiger partial charge >= 0.3 is 0 Å². The maximum atomic E-state index is 7.07. The van der Waals surface area contributed by atoms with Gasteiger partial charge in [-0.2, -0.15) is 0 Å². The molecular weight excluding hydrogens is 312 g/mol. The van der Waals surface area contributed by atoms with Crippen LogP contribution in [0.4, 0.5) is 0 Å². The standard InChI is InChI=1S/C19H19ClOS/c20-19-7-11-12-10-6-9-13(12)14(11)18(17(21-19)15(9)16(10)19)22-8-4-2-1-3-5-8/h1-5,9-18H,6-7H2/t9-,10+,11+,12-,13-,14-,15+,16+,17-,18-,19+/m0/s1. The molecule has 5 aliphatic carbocycles. The molecule has 1 aromatic rings. The first-order valence-electron chi connectivity index (χ1n) is 8.85. The minimum atomic E-state index is -0.286. The lowest BCUT2D eigenvalue weighted by Crippen LogP contribution is -2.67. The number of rotatable bonds is 2. The van der Waals surface area contributed by atoms with E-state index in [1.165, 1.54) is 11.3 Å². The van der Waals surface area contributed by atoms with Crippen molar-refractivity contribution in [1.29, 1.82) is 0 Å². The lowest BCUT2D eigenvalue weighted by atomic mass is 9.40. The van der Waals surface area contributed by atoms with E-state index in [-0.39, 0.29) is 5.06 Å². The zero-order valence-corrected chi connectivity index (χ0v) is 13.8. The van der Waals surface area contributed by atoms with Gasteiger partial charge in [-0.1, -0.05) is 29.8 Å². The summed E-state index contributed by atoms with van der Waals surface area (Å²) in [6, 6.07) is 11.0. The molecule has 0 amide bonds. The van der Waals surface area contributed by atoms with Crippen molar-refractivity contribution < 1.29 is 4.74 Å². The van der Waals surface area contributed by atoms with Crippen LogP contribution in [0.5, 0.6) is 0 Å². The van der Waals surface area contributed by atoms with Gasteiger partial charge in [0.25, 0.3) is 0 Å². The largest absolute Gasteiger partial charge is 0.355 e. The Balaban J connectivity index is 1.36. The fourth-order valence-corrected chi connectivity index (χ4v) is 10.2. The number of hydrogen-bond donors (Lipinski definition) is 0. The van der Waals surface area contributed by atoms with Crippen LogP contribution >= 0.6 is 23.4 Å². The molecule has 114 valence electrons. The fraction of sp³-hybridized carbons (Fsp3) is 0.684. The molecular formula is C19H19ClOS. The van der Waals surface area contributed by atoms with Gasteiger partial charge in [0.05, 0.1) is 6.10 Å². The summed E-state index contributed by atoms with van der Waals surface area (Å²) in [5.41, 5.74) is 0. The fourth-order valence-electron chi connectivity index (χ4n) is 8.08. The summed E-state index contributed by atoms with van der Waals surface area (Å²) in [6.45, 7) is 0. The van der Waals surface area contributed by atoms with Crippen LogP contribution in [0.1, 0.15) is 12.8 Å². The summed E-state index contributed by atoms with van der Waals surface area (Å²) in [4.78, 5) is 1.41. The summed E-state index contributed by atoms with van der Waals surface area (Å²) in [6.07, 6.45) is 3.05. The minimum Gasteiger partial charge on any atom is -0.355 e. The minimum absolute atomic E-state index is 0.286. The third-order valence-electron chi connectivity index (χ3n) is 8.22. The Morgan fingerprint density at radius 3 is 2.73 bits per heavy atom. The molecule has 1 aromatic carbocycles. The number of alkyl halides is 1. The molecule has 7 rings (SSSR count). The third-order valence-corrected chi connectivity index (χ3v) is 10.1. The van der Waals surface area contributed by atoms with E-state index in [2.05, 4.69) is 42.1 Å². The van der Waals surface area contributed by atoms with E-state index in [1.54, 1.807) is 0 Å². The number of ether oxygens (including phenoxy) is 1. The zero-order valence-electron chi connectivity index (χ0n) is 12.3. The van der Waals surface area contributed by atoms with Gasteiger partial charge in [-0.05, 0) is 66.4 Å². The Kier molecular flexibility index (Phi) is 1.99. The quantitative estimate of drug-likeness (QED) is 0.749. The smallest absolute Gasteiger partial charge is 0.145 e. The van der Waals surface area contributed by atoms with E-state index in [1.807, 2.05) is 0 Å². The molecule has 1 aliphatic heterocycles. The highest BCUT2D eigenvalue weighted by Crippen LogP contribution is 2.84. The normalized spacial score (nSPS) is 64.4. The van der Waals surface area contributed by atoms with Crippen LogP contribution in [0.3, 0.4) is 0 Å². The highest BCUT2D eigenvalue weighted by molar-refractivity contribution is 8.00. The number of hydrogen-bond acceptors (Lipinski definition) is 2. The molecule has 22 heavy (non-hydrogen) atoms. The van der Waals surface area contributed by atoms with E-state index in [4.69, 9.17) is 16.3 Å². The van der Waals surface area contributed by atoms with Gasteiger partial charge in [0.15, 0.2) is 0 Å². The van der Waals surface area contributed by atoms with E-state index in [0.29, 0.717) is 17.3 Å². The average molecular weight is 331 g/mol. The predicted molar refractivity (Wildman–Crippen MR) is 86.7 cm³/mol. The van der Waals surface area contributed by atoms with Gasteiger partial charge < -0.3 is 4.74 Å². The first kappa shape index (κ1) is 12.2. The molecule has 1 saturated heterocycles. The number of benzene rings is 1. The summed E-state index contributed by atoms with van der Waals surface area (Å²) < 4.78 is 6.62. The lowest BCUT2D eigenvalue weighted by molar-refractivity contribution is -0.157. The van der Waals surface area contributed by atoms with Gasteiger partial charge in [-0.15, -0.1) is 11.8 Å². The monoisotopic (exact) mass is 330 g/mol. The molecule has 6 fully saturated rings. The molecule has 3 heteroatoms. The van der Waals surface area contributed by atoms with Crippen LogP contribution in [0.15, 0.2) is 35.2 Å². The Morgan fingerprint density at radius 2 is 1.86 bits per heavy atom. The van der Waals surface area contributed by atoms with E-state index in [0.717, 1.165) is 47.8 Å². The van der Waals surface area contributed by atoms with Crippen molar-refractivity contribution in [2.45, 2.75) is 34.2 Å². The maximum absolute atomic E-state index is 7.07. The number of halogens is 1. The predicted octanol–water partition coefficient (Wildman–Crippen LogP) is 4.26. The van der Waals surface area contributed by atoms with Crippen molar-refractivity contribution >= 4 is 23.4 Å². The number of fused-ring (bicyclic) bond motifs is 1. The Hall–Kier alpha value is -0.180. The van der Waals surface area contributed by atoms with Gasteiger partial charge in [0.1, 0.15) is 5.06 Å². The maximum Gasteiger partial charge on any atom is 0.145 e. The molecule has 1 nitrogen and oxygen atoms in total. The molecule has 0 radical (unpaired) electrons. The SMILES string of the molecule is Cl[C@]12C[C@@H]3[C@@H]4[C@H]5C[C@H]6[C@@H]4[C@H]3[C@H](Sc3ccccc3)[C@@H](O1)[C@H]6[C@@H]52. The molecule has 5 saturated carbocycles. The van der Waals surface area contributed by atoms with Crippen LogP contribution in [0, 0.1) is 47.3 Å².